The van der Waals surface area contributed by atoms with Crippen molar-refractivity contribution in [3.8, 4) is 0 Å². The third kappa shape index (κ3) is 4.09. The number of carbonyl (C=O) groups is 1. The fraction of sp³-hybridized carbons (Fsp3) is 0. The molecule has 2 rings (SSSR count). The van der Waals surface area contributed by atoms with Crippen molar-refractivity contribution in [3.05, 3.63) is 77.9 Å². The molecule has 2 heteroatoms. The monoisotopic (exact) mass is 399 g/mol. The summed E-state index contributed by atoms with van der Waals surface area (Å²) >= 11 is 0. The molecule has 1 radical (unpaired) electrons. The summed E-state index contributed by atoms with van der Waals surface area (Å²) in [5.74, 6) is -0.0237. The summed E-state index contributed by atoms with van der Waals surface area (Å²) in [6.45, 7) is 0. The Morgan fingerprint density at radius 2 is 1.71 bits per heavy atom. The van der Waals surface area contributed by atoms with E-state index in [1.807, 2.05) is 48.5 Å². The van der Waals surface area contributed by atoms with Gasteiger partial charge < -0.3 is 4.79 Å². The van der Waals surface area contributed by atoms with Crippen molar-refractivity contribution < 1.29 is 24.6 Å². The van der Waals surface area contributed by atoms with Crippen LogP contribution in [0.3, 0.4) is 0 Å². The van der Waals surface area contributed by atoms with E-state index in [1.165, 1.54) is 0 Å². The Labute approximate surface area is 114 Å². The van der Waals surface area contributed by atoms with Crippen LogP contribution < -0.4 is 0 Å². The van der Waals surface area contributed by atoms with Gasteiger partial charge in [0.15, 0.2) is 0 Å². The Bertz CT molecular complexity index is 489. The molecule has 17 heavy (non-hydrogen) atoms. The molecule has 0 atom stereocenters. The van der Waals surface area contributed by atoms with E-state index in [0.29, 0.717) is 5.56 Å². The van der Waals surface area contributed by atoms with Crippen LogP contribution in [-0.2, 0) is 19.8 Å². The van der Waals surface area contributed by atoms with Gasteiger partial charge in [0.2, 0.25) is 0 Å². The Balaban J connectivity index is 0.00000144. The number of carbonyl (C=O) groups excluding carboxylic acids is 1. The number of ketones is 1. The molecule has 0 amide bonds. The normalized spacial score (nSPS) is 9.88. The Morgan fingerprint density at radius 1 is 1.00 bits per heavy atom. The van der Waals surface area contributed by atoms with E-state index in [9.17, 15) is 4.79 Å². The molecule has 0 aliphatic rings. The molecule has 0 heterocycles. The maximum atomic E-state index is 11.7. The van der Waals surface area contributed by atoms with Gasteiger partial charge in [0, 0.05) is 0 Å². The number of benzene rings is 2. The van der Waals surface area contributed by atoms with Gasteiger partial charge in [-0.3, -0.25) is 0 Å². The van der Waals surface area contributed by atoms with E-state index >= 15 is 0 Å². The van der Waals surface area contributed by atoms with Crippen molar-refractivity contribution in [1.29, 1.82) is 0 Å². The van der Waals surface area contributed by atoms with Crippen LogP contribution in [0.1, 0.15) is 15.9 Å². The van der Waals surface area contributed by atoms with E-state index < -0.39 is 0 Å². The van der Waals surface area contributed by atoms with Crippen LogP contribution in [-0.4, -0.2) is 5.78 Å². The van der Waals surface area contributed by atoms with Gasteiger partial charge in [-0.05, 0) is 5.56 Å². The molecule has 0 saturated heterocycles. The summed E-state index contributed by atoms with van der Waals surface area (Å²) in [6, 6.07) is 19.8. The van der Waals surface area contributed by atoms with E-state index in [4.69, 9.17) is 0 Å². The minimum Gasteiger partial charge on any atom is -0.347 e. The molecular weight excluding hydrogens is 386 g/mol. The SMILES string of the molecule is O=C(/C=C/c1ccccc1)c1[c-]cccc1.[Os+]. The van der Waals surface area contributed by atoms with E-state index in [2.05, 4.69) is 6.07 Å². The zero-order chi connectivity index (χ0) is 11.2. The second kappa shape index (κ2) is 6.94. The third-order valence-corrected chi connectivity index (χ3v) is 2.20. The maximum Gasteiger partial charge on any atom is 1.00 e. The first-order chi connectivity index (χ1) is 7.86. The molecule has 0 N–H and O–H groups in total. The van der Waals surface area contributed by atoms with Gasteiger partial charge in [0.25, 0.3) is 0 Å². The predicted molar refractivity (Wildman–Crippen MR) is 65.1 cm³/mol. The Morgan fingerprint density at radius 3 is 2.35 bits per heavy atom. The van der Waals surface area contributed by atoms with E-state index in [0.717, 1.165) is 5.56 Å². The molecule has 2 aromatic rings. The van der Waals surface area contributed by atoms with Gasteiger partial charge in [0.1, 0.15) is 5.78 Å². The van der Waals surface area contributed by atoms with Gasteiger partial charge >= 0.3 is 19.8 Å². The first-order valence-corrected chi connectivity index (χ1v) is 5.10. The average molecular weight is 397 g/mol. The summed E-state index contributed by atoms with van der Waals surface area (Å²) in [4.78, 5) is 11.7. The van der Waals surface area contributed by atoms with Crippen LogP contribution in [0.25, 0.3) is 6.08 Å². The molecular formula is C15H11OOs. The van der Waals surface area contributed by atoms with Gasteiger partial charge in [-0.15, -0.1) is 35.9 Å². The van der Waals surface area contributed by atoms with Crippen LogP contribution in [0, 0.1) is 6.07 Å². The van der Waals surface area contributed by atoms with Crippen LogP contribution in [0.5, 0.6) is 0 Å². The largest absolute Gasteiger partial charge is 1.00 e. The molecule has 0 spiro atoms. The smallest absolute Gasteiger partial charge is 0.347 e. The van der Waals surface area contributed by atoms with Crippen molar-refractivity contribution in [2.75, 3.05) is 0 Å². The maximum absolute atomic E-state index is 11.7. The molecule has 0 aliphatic carbocycles. The molecule has 0 saturated carbocycles. The zero-order valence-corrected chi connectivity index (χ0v) is 11.7. The first-order valence-electron chi connectivity index (χ1n) is 5.10. The van der Waals surface area contributed by atoms with Gasteiger partial charge in [-0.1, -0.05) is 42.5 Å². The Hall–Kier alpha value is -1.51. The molecule has 0 fully saturated rings. The molecule has 0 aromatic heterocycles. The predicted octanol–water partition coefficient (Wildman–Crippen LogP) is 3.38. The number of hydrogen-bond acceptors (Lipinski definition) is 1. The Kier molecular flexibility index (Phi) is 5.53. The number of allylic oxidation sites excluding steroid dienone is 1. The summed E-state index contributed by atoms with van der Waals surface area (Å²) < 4.78 is 0. The number of rotatable bonds is 3. The van der Waals surface area contributed by atoms with Gasteiger partial charge in [-0.2, -0.15) is 0 Å². The van der Waals surface area contributed by atoms with Crippen molar-refractivity contribution >= 4 is 11.9 Å². The molecule has 0 aliphatic heterocycles. The summed E-state index contributed by atoms with van der Waals surface area (Å²) in [5.41, 5.74) is 1.61. The number of hydrogen-bond donors (Lipinski definition) is 0. The van der Waals surface area contributed by atoms with Gasteiger partial charge in [-0.25, -0.2) is 0 Å². The van der Waals surface area contributed by atoms with Crippen molar-refractivity contribution in [2.45, 2.75) is 0 Å². The standard InChI is InChI=1S/C15H11O.Os/c16-15(14-9-5-2-6-10-14)12-11-13-7-3-1-4-8-13;/h1-9,11-12H;/q-1;+1/b12-11+;. The minimum atomic E-state index is -0.0237. The van der Waals surface area contributed by atoms with E-state index in [-0.39, 0.29) is 25.6 Å². The molecule has 1 nitrogen and oxygen atoms in total. The van der Waals surface area contributed by atoms with Crippen molar-refractivity contribution in [3.63, 3.8) is 0 Å². The van der Waals surface area contributed by atoms with Crippen molar-refractivity contribution in [1.82, 2.24) is 0 Å². The van der Waals surface area contributed by atoms with Gasteiger partial charge in [0.05, 0.1) is 0 Å². The zero-order valence-electron chi connectivity index (χ0n) is 9.11. The van der Waals surface area contributed by atoms with Crippen molar-refractivity contribution in [2.24, 2.45) is 0 Å². The minimum absolute atomic E-state index is 0. The molecule has 2 aromatic carbocycles. The average Bonchev–Trinajstić information content (AvgIpc) is 2.38. The third-order valence-electron chi connectivity index (χ3n) is 2.20. The van der Waals surface area contributed by atoms with Crippen LogP contribution >= 0.6 is 0 Å². The van der Waals surface area contributed by atoms with E-state index in [1.54, 1.807) is 18.2 Å². The van der Waals surface area contributed by atoms with Crippen LogP contribution in [0.4, 0.5) is 0 Å². The summed E-state index contributed by atoms with van der Waals surface area (Å²) in [6.07, 6.45) is 3.38. The molecule has 0 unspecified atom stereocenters. The second-order valence-electron chi connectivity index (χ2n) is 3.38. The molecule has 85 valence electrons. The first kappa shape index (κ1) is 13.6. The van der Waals surface area contributed by atoms with Crippen LogP contribution in [0.2, 0.25) is 0 Å². The fourth-order valence-electron chi connectivity index (χ4n) is 1.37. The topological polar surface area (TPSA) is 17.1 Å². The fourth-order valence-corrected chi connectivity index (χ4v) is 1.37. The summed E-state index contributed by atoms with van der Waals surface area (Å²) in [7, 11) is 0. The second-order valence-corrected chi connectivity index (χ2v) is 3.38. The summed E-state index contributed by atoms with van der Waals surface area (Å²) in [5, 5.41) is 0. The molecule has 0 bridgehead atoms. The quantitative estimate of drug-likeness (QED) is 0.441. The van der Waals surface area contributed by atoms with Crippen LogP contribution in [0.15, 0.2) is 60.7 Å².